The quantitative estimate of drug-likeness (QED) is 0.828. The van der Waals surface area contributed by atoms with Gasteiger partial charge in [0.05, 0.1) is 11.4 Å². The summed E-state index contributed by atoms with van der Waals surface area (Å²) in [6.07, 6.45) is 6.19. The summed E-state index contributed by atoms with van der Waals surface area (Å²) in [4.78, 5) is 15.3. The normalized spacial score (nSPS) is 15.0. The van der Waals surface area contributed by atoms with Crippen molar-refractivity contribution in [1.82, 2.24) is 14.3 Å². The lowest BCUT2D eigenvalue weighted by Gasteiger charge is -2.35. The first kappa shape index (κ1) is 18.7. The van der Waals surface area contributed by atoms with Crippen LogP contribution in [0.25, 0.3) is 5.69 Å². The molecule has 26 heavy (non-hydrogen) atoms. The van der Waals surface area contributed by atoms with E-state index in [0.29, 0.717) is 16.8 Å². The first-order valence-corrected chi connectivity index (χ1v) is 9.87. The van der Waals surface area contributed by atoms with Crippen molar-refractivity contribution in [3.8, 4) is 5.69 Å². The Balaban J connectivity index is 1.88. The molecule has 0 aliphatic heterocycles. The smallest absolute Gasteiger partial charge is 0.295 e. The Labute approximate surface area is 160 Å². The van der Waals surface area contributed by atoms with Gasteiger partial charge < -0.3 is 10.2 Å². The molecule has 2 aromatic rings. The van der Waals surface area contributed by atoms with Gasteiger partial charge in [-0.15, -0.1) is 0 Å². The maximum Gasteiger partial charge on any atom is 0.295 e. The van der Waals surface area contributed by atoms with Gasteiger partial charge in [0.1, 0.15) is 5.69 Å². The fourth-order valence-corrected chi connectivity index (χ4v) is 4.23. The zero-order valence-corrected chi connectivity index (χ0v) is 16.7. The molecule has 6 heteroatoms. The van der Waals surface area contributed by atoms with Crippen molar-refractivity contribution in [2.45, 2.75) is 52.0 Å². The Bertz CT molecular complexity index is 818. The van der Waals surface area contributed by atoms with E-state index in [4.69, 9.17) is 12.2 Å². The predicted molar refractivity (Wildman–Crippen MR) is 111 cm³/mol. The van der Waals surface area contributed by atoms with Crippen LogP contribution in [0.1, 0.15) is 44.7 Å². The van der Waals surface area contributed by atoms with Gasteiger partial charge in [0.2, 0.25) is 0 Å². The van der Waals surface area contributed by atoms with Gasteiger partial charge in [0.15, 0.2) is 5.11 Å². The first-order valence-electron chi connectivity index (χ1n) is 9.46. The molecule has 1 aromatic heterocycles. The van der Waals surface area contributed by atoms with Crippen molar-refractivity contribution in [2.24, 2.45) is 7.05 Å². The Hall–Kier alpha value is -2.08. The molecule has 1 saturated carbocycles. The van der Waals surface area contributed by atoms with E-state index in [-0.39, 0.29) is 5.56 Å². The number of nitrogens with zero attached hydrogens (tertiary/aromatic N) is 3. The van der Waals surface area contributed by atoms with Gasteiger partial charge in [-0.25, -0.2) is 4.68 Å². The van der Waals surface area contributed by atoms with E-state index in [1.165, 1.54) is 32.1 Å². The molecule has 1 aliphatic rings. The molecular weight excluding hydrogens is 344 g/mol. The van der Waals surface area contributed by atoms with Crippen molar-refractivity contribution in [1.29, 1.82) is 0 Å². The number of nitrogens with one attached hydrogen (secondary N) is 1. The molecule has 0 saturated heterocycles. The lowest BCUT2D eigenvalue weighted by molar-refractivity contribution is 0.255. The molecule has 0 atom stereocenters. The Kier molecular flexibility index (Phi) is 5.81. The molecule has 0 amide bonds. The van der Waals surface area contributed by atoms with Crippen molar-refractivity contribution in [2.75, 3.05) is 11.9 Å². The summed E-state index contributed by atoms with van der Waals surface area (Å²) < 4.78 is 3.55. The molecule has 1 aliphatic carbocycles. The van der Waals surface area contributed by atoms with Crippen molar-refractivity contribution in [3.05, 3.63) is 46.4 Å². The van der Waals surface area contributed by atoms with Gasteiger partial charge in [0, 0.05) is 19.6 Å². The third-order valence-corrected chi connectivity index (χ3v) is 5.74. The molecule has 140 valence electrons. The molecule has 1 fully saturated rings. The predicted octanol–water partition coefficient (Wildman–Crippen LogP) is 3.84. The number of thiocarbonyl (C=S) groups is 1. The van der Waals surface area contributed by atoms with Gasteiger partial charge in [-0.3, -0.25) is 9.48 Å². The standard InChI is InChI=1S/C20H28N4OS/c1-4-23(16-11-7-5-8-12-16)20(26)21-18-15(2)22(3)24(19(18)25)17-13-9-6-10-14-17/h6,9-10,13-14,16H,4-5,7-8,11-12H2,1-3H3,(H,21,26). The average Bonchev–Trinajstić information content (AvgIpc) is 2.87. The van der Waals surface area contributed by atoms with Gasteiger partial charge in [-0.1, -0.05) is 37.5 Å². The fourth-order valence-electron chi connectivity index (χ4n) is 3.85. The van der Waals surface area contributed by atoms with E-state index in [1.807, 2.05) is 49.0 Å². The number of aromatic nitrogens is 2. The van der Waals surface area contributed by atoms with Crippen LogP contribution in [0.5, 0.6) is 0 Å². The Morgan fingerprint density at radius 3 is 2.50 bits per heavy atom. The minimum absolute atomic E-state index is 0.0711. The van der Waals surface area contributed by atoms with Gasteiger partial charge in [0.25, 0.3) is 5.56 Å². The van der Waals surface area contributed by atoms with E-state index in [9.17, 15) is 4.79 Å². The first-order chi connectivity index (χ1) is 12.5. The summed E-state index contributed by atoms with van der Waals surface area (Å²) in [6.45, 7) is 4.93. The highest BCUT2D eigenvalue weighted by molar-refractivity contribution is 7.80. The van der Waals surface area contributed by atoms with Crippen molar-refractivity contribution >= 4 is 23.0 Å². The van der Waals surface area contributed by atoms with Crippen LogP contribution in [0.2, 0.25) is 0 Å². The van der Waals surface area contributed by atoms with E-state index < -0.39 is 0 Å². The van der Waals surface area contributed by atoms with Crippen molar-refractivity contribution in [3.63, 3.8) is 0 Å². The molecular formula is C20H28N4OS. The zero-order chi connectivity index (χ0) is 18.7. The third kappa shape index (κ3) is 3.56. The average molecular weight is 373 g/mol. The van der Waals surface area contributed by atoms with Crippen LogP contribution in [0.4, 0.5) is 5.69 Å². The Morgan fingerprint density at radius 1 is 1.23 bits per heavy atom. The maximum absolute atomic E-state index is 13.0. The molecule has 0 spiro atoms. The largest absolute Gasteiger partial charge is 0.346 e. The minimum Gasteiger partial charge on any atom is -0.346 e. The van der Waals surface area contributed by atoms with E-state index in [1.54, 1.807) is 4.68 Å². The summed E-state index contributed by atoms with van der Waals surface area (Å²) in [5.74, 6) is 0. The van der Waals surface area contributed by atoms with Crippen LogP contribution in [-0.2, 0) is 7.05 Å². The number of benzene rings is 1. The summed E-state index contributed by atoms with van der Waals surface area (Å²) in [5.41, 5.74) is 2.22. The third-order valence-electron chi connectivity index (χ3n) is 5.40. The lowest BCUT2D eigenvalue weighted by Crippen LogP contribution is -2.44. The highest BCUT2D eigenvalue weighted by atomic mass is 32.1. The summed E-state index contributed by atoms with van der Waals surface area (Å²) >= 11 is 5.68. The molecule has 5 nitrogen and oxygen atoms in total. The molecule has 0 radical (unpaired) electrons. The second kappa shape index (κ2) is 8.08. The van der Waals surface area contributed by atoms with Gasteiger partial charge in [-0.2, -0.15) is 0 Å². The number of anilines is 1. The zero-order valence-electron chi connectivity index (χ0n) is 15.9. The van der Waals surface area contributed by atoms with Crippen LogP contribution in [0, 0.1) is 6.92 Å². The monoisotopic (exact) mass is 372 g/mol. The van der Waals surface area contributed by atoms with E-state index in [0.717, 1.165) is 17.9 Å². The maximum atomic E-state index is 13.0. The molecule has 1 aromatic carbocycles. The number of rotatable bonds is 4. The molecule has 1 N–H and O–H groups in total. The molecule has 1 heterocycles. The van der Waals surface area contributed by atoms with E-state index in [2.05, 4.69) is 17.1 Å². The minimum atomic E-state index is -0.0711. The summed E-state index contributed by atoms with van der Waals surface area (Å²) in [6, 6.07) is 10.2. The number of hydrogen-bond donors (Lipinski definition) is 1. The van der Waals surface area contributed by atoms with Crippen LogP contribution in [0.15, 0.2) is 35.1 Å². The molecule has 3 rings (SSSR count). The van der Waals surface area contributed by atoms with Crippen LogP contribution in [-0.4, -0.2) is 32.0 Å². The van der Waals surface area contributed by atoms with E-state index >= 15 is 0 Å². The van der Waals surface area contributed by atoms with Crippen LogP contribution >= 0.6 is 12.2 Å². The van der Waals surface area contributed by atoms with Gasteiger partial charge >= 0.3 is 0 Å². The van der Waals surface area contributed by atoms with Crippen LogP contribution in [0.3, 0.4) is 0 Å². The summed E-state index contributed by atoms with van der Waals surface area (Å²) in [7, 11) is 1.90. The van der Waals surface area contributed by atoms with Gasteiger partial charge in [-0.05, 0) is 51.0 Å². The Morgan fingerprint density at radius 2 is 1.88 bits per heavy atom. The van der Waals surface area contributed by atoms with Crippen molar-refractivity contribution < 1.29 is 0 Å². The SMILES string of the molecule is CCN(C(=S)Nc1c(C)n(C)n(-c2ccccc2)c1=O)C1CCCCC1. The topological polar surface area (TPSA) is 42.2 Å². The number of para-hydroxylation sites is 1. The second-order valence-electron chi connectivity index (χ2n) is 6.94. The molecule has 0 bridgehead atoms. The number of hydrogen-bond acceptors (Lipinski definition) is 2. The molecule has 0 unspecified atom stereocenters. The lowest BCUT2D eigenvalue weighted by atomic mass is 9.94. The fraction of sp³-hybridized carbons (Fsp3) is 0.500. The van der Waals surface area contributed by atoms with Crippen LogP contribution < -0.4 is 10.9 Å². The summed E-state index contributed by atoms with van der Waals surface area (Å²) in [5, 5.41) is 3.92. The second-order valence-corrected chi connectivity index (χ2v) is 7.33. The highest BCUT2D eigenvalue weighted by Crippen LogP contribution is 2.23. The highest BCUT2D eigenvalue weighted by Gasteiger charge is 2.24.